The molecule has 4 rings (SSSR count). The molecule has 1 saturated heterocycles. The Morgan fingerprint density at radius 3 is 2.73 bits per heavy atom. The summed E-state index contributed by atoms with van der Waals surface area (Å²) in [5, 5.41) is 6.69. The molecule has 26 heavy (non-hydrogen) atoms. The highest BCUT2D eigenvalue weighted by Crippen LogP contribution is 2.25. The maximum absolute atomic E-state index is 12.8. The van der Waals surface area contributed by atoms with Crippen molar-refractivity contribution in [1.29, 1.82) is 0 Å². The van der Waals surface area contributed by atoms with E-state index in [2.05, 4.69) is 10.5 Å². The molecule has 1 N–H and O–H groups in total. The summed E-state index contributed by atoms with van der Waals surface area (Å²) in [5.41, 5.74) is 0.870. The molecule has 0 aliphatic carbocycles. The number of rotatable bonds is 4. The maximum atomic E-state index is 12.8. The number of aromatic nitrogens is 1. The molecule has 1 aromatic carbocycles. The number of amides is 2. The normalized spacial score (nSPS) is 16.6. The fourth-order valence-corrected chi connectivity index (χ4v) is 3.09. The van der Waals surface area contributed by atoms with Crippen molar-refractivity contribution >= 4 is 17.5 Å². The van der Waals surface area contributed by atoms with Gasteiger partial charge in [-0.2, -0.15) is 0 Å². The number of benzene rings is 1. The van der Waals surface area contributed by atoms with E-state index in [1.54, 1.807) is 17.0 Å². The molecule has 132 valence electrons. The molecule has 3 heterocycles. The van der Waals surface area contributed by atoms with Crippen LogP contribution in [0.3, 0.4) is 0 Å². The van der Waals surface area contributed by atoms with Crippen molar-refractivity contribution in [3.8, 4) is 11.5 Å². The van der Waals surface area contributed by atoms with Crippen LogP contribution in [-0.4, -0.2) is 34.5 Å². The van der Waals surface area contributed by atoms with Gasteiger partial charge in [-0.25, -0.2) is 0 Å². The second-order valence-electron chi connectivity index (χ2n) is 6.07. The molecule has 1 atom stereocenters. The van der Waals surface area contributed by atoms with Crippen LogP contribution < -0.4 is 5.32 Å². The maximum Gasteiger partial charge on any atom is 0.276 e. The Hall–Kier alpha value is -3.35. The summed E-state index contributed by atoms with van der Waals surface area (Å²) < 4.78 is 10.4. The van der Waals surface area contributed by atoms with Crippen LogP contribution in [0.1, 0.15) is 23.3 Å². The van der Waals surface area contributed by atoms with Gasteiger partial charge in [0.2, 0.25) is 11.7 Å². The Labute approximate surface area is 149 Å². The topological polar surface area (TPSA) is 88.6 Å². The zero-order valence-electron chi connectivity index (χ0n) is 13.9. The molecule has 0 radical (unpaired) electrons. The van der Waals surface area contributed by atoms with E-state index < -0.39 is 6.04 Å². The largest absolute Gasteiger partial charge is 0.461 e. The zero-order chi connectivity index (χ0) is 17.9. The molecular formula is C19H17N3O4. The molecule has 0 saturated carbocycles. The molecule has 0 spiro atoms. The standard InChI is InChI=1S/C19H17N3O4/c23-18(20-13-6-2-1-3-7-13)15-8-4-10-22(15)19(24)14-12-17(26-21-14)16-9-5-11-25-16/h1-3,5-7,9,11-12,15H,4,8,10H2,(H,20,23)/t15-/m0/s1. The van der Waals surface area contributed by atoms with E-state index in [0.29, 0.717) is 30.2 Å². The molecular weight excluding hydrogens is 334 g/mol. The van der Waals surface area contributed by atoms with Gasteiger partial charge in [0.1, 0.15) is 6.04 Å². The van der Waals surface area contributed by atoms with Crippen molar-refractivity contribution in [2.24, 2.45) is 0 Å². The first kappa shape index (κ1) is 16.1. The van der Waals surface area contributed by atoms with Crippen LogP contribution >= 0.6 is 0 Å². The number of hydrogen-bond acceptors (Lipinski definition) is 5. The number of likely N-dealkylation sites (tertiary alicyclic amines) is 1. The third-order valence-corrected chi connectivity index (χ3v) is 4.35. The first-order valence-corrected chi connectivity index (χ1v) is 8.40. The zero-order valence-corrected chi connectivity index (χ0v) is 13.9. The molecule has 1 fully saturated rings. The van der Waals surface area contributed by atoms with Gasteiger partial charge in [-0.3, -0.25) is 9.59 Å². The number of anilines is 1. The SMILES string of the molecule is O=C(Nc1ccccc1)[C@@H]1CCCN1C(=O)c1cc(-c2ccco2)on1. The first-order valence-electron chi connectivity index (χ1n) is 8.40. The Balaban J connectivity index is 1.49. The third kappa shape index (κ3) is 3.11. The molecule has 3 aromatic rings. The lowest BCUT2D eigenvalue weighted by Crippen LogP contribution is -2.43. The molecule has 1 aliphatic rings. The van der Waals surface area contributed by atoms with Crippen LogP contribution in [0.15, 0.2) is 63.7 Å². The van der Waals surface area contributed by atoms with Crippen molar-refractivity contribution in [2.45, 2.75) is 18.9 Å². The van der Waals surface area contributed by atoms with Gasteiger partial charge in [0.15, 0.2) is 11.5 Å². The highest BCUT2D eigenvalue weighted by Gasteiger charge is 2.36. The average molecular weight is 351 g/mol. The second-order valence-corrected chi connectivity index (χ2v) is 6.07. The number of nitrogens with zero attached hydrogens (tertiary/aromatic N) is 2. The van der Waals surface area contributed by atoms with Gasteiger partial charge < -0.3 is 19.2 Å². The summed E-state index contributed by atoms with van der Waals surface area (Å²) in [4.78, 5) is 26.9. The number of hydrogen-bond donors (Lipinski definition) is 1. The Morgan fingerprint density at radius 1 is 1.12 bits per heavy atom. The van der Waals surface area contributed by atoms with E-state index in [1.807, 2.05) is 30.3 Å². The minimum absolute atomic E-state index is 0.163. The summed E-state index contributed by atoms with van der Waals surface area (Å²) >= 11 is 0. The van der Waals surface area contributed by atoms with E-state index in [4.69, 9.17) is 8.94 Å². The minimum atomic E-state index is -0.522. The quantitative estimate of drug-likeness (QED) is 0.780. The van der Waals surface area contributed by atoms with Crippen molar-refractivity contribution < 1.29 is 18.5 Å². The number of para-hydroxylation sites is 1. The van der Waals surface area contributed by atoms with Gasteiger partial charge in [0.25, 0.3) is 5.91 Å². The monoisotopic (exact) mass is 351 g/mol. The van der Waals surface area contributed by atoms with E-state index in [9.17, 15) is 9.59 Å². The highest BCUT2D eigenvalue weighted by atomic mass is 16.5. The predicted octanol–water partition coefficient (Wildman–Crippen LogP) is 3.18. The number of nitrogens with one attached hydrogen (secondary N) is 1. The molecule has 7 heteroatoms. The van der Waals surface area contributed by atoms with Crippen LogP contribution in [0.2, 0.25) is 0 Å². The summed E-state index contributed by atoms with van der Waals surface area (Å²) in [7, 11) is 0. The predicted molar refractivity (Wildman–Crippen MR) is 93.3 cm³/mol. The third-order valence-electron chi connectivity index (χ3n) is 4.35. The van der Waals surface area contributed by atoms with E-state index in [-0.39, 0.29) is 17.5 Å². The van der Waals surface area contributed by atoms with Crippen molar-refractivity contribution in [2.75, 3.05) is 11.9 Å². The summed E-state index contributed by atoms with van der Waals surface area (Å²) in [6.45, 7) is 0.509. The van der Waals surface area contributed by atoms with Crippen LogP contribution in [0, 0.1) is 0 Å². The Kier molecular flexibility index (Phi) is 4.27. The lowest BCUT2D eigenvalue weighted by Gasteiger charge is -2.22. The first-order chi connectivity index (χ1) is 12.7. The van der Waals surface area contributed by atoms with E-state index >= 15 is 0 Å². The van der Waals surface area contributed by atoms with Gasteiger partial charge in [-0.15, -0.1) is 0 Å². The molecule has 2 aromatic heterocycles. The average Bonchev–Trinajstić information content (AvgIpc) is 3.42. The Bertz CT molecular complexity index is 902. The summed E-state index contributed by atoms with van der Waals surface area (Å²) in [6, 6.07) is 13.7. The fraction of sp³-hybridized carbons (Fsp3) is 0.211. The van der Waals surface area contributed by atoms with Crippen molar-refractivity contribution in [3.05, 3.63) is 60.5 Å². The van der Waals surface area contributed by atoms with Crippen molar-refractivity contribution in [1.82, 2.24) is 10.1 Å². The van der Waals surface area contributed by atoms with Gasteiger partial charge >= 0.3 is 0 Å². The lowest BCUT2D eigenvalue weighted by atomic mass is 10.2. The van der Waals surface area contributed by atoms with Crippen LogP contribution in [0.25, 0.3) is 11.5 Å². The smallest absolute Gasteiger partial charge is 0.276 e. The number of furan rings is 1. The van der Waals surface area contributed by atoms with Gasteiger partial charge in [-0.05, 0) is 37.1 Å². The number of carbonyl (C=O) groups is 2. The molecule has 0 unspecified atom stereocenters. The Morgan fingerprint density at radius 2 is 1.96 bits per heavy atom. The molecule has 0 bridgehead atoms. The fourth-order valence-electron chi connectivity index (χ4n) is 3.09. The number of carbonyl (C=O) groups excluding carboxylic acids is 2. The van der Waals surface area contributed by atoms with Gasteiger partial charge in [0.05, 0.1) is 6.26 Å². The van der Waals surface area contributed by atoms with Gasteiger partial charge in [-0.1, -0.05) is 23.4 Å². The van der Waals surface area contributed by atoms with Crippen molar-refractivity contribution in [3.63, 3.8) is 0 Å². The van der Waals surface area contributed by atoms with Gasteiger partial charge in [0, 0.05) is 18.3 Å². The van der Waals surface area contributed by atoms with E-state index in [0.717, 1.165) is 6.42 Å². The summed E-state index contributed by atoms with van der Waals surface area (Å²) in [6.07, 6.45) is 2.90. The highest BCUT2D eigenvalue weighted by molar-refractivity contribution is 6.01. The van der Waals surface area contributed by atoms with Crippen LogP contribution in [0.4, 0.5) is 5.69 Å². The van der Waals surface area contributed by atoms with Crippen LogP contribution in [-0.2, 0) is 4.79 Å². The minimum Gasteiger partial charge on any atom is -0.461 e. The molecule has 2 amide bonds. The van der Waals surface area contributed by atoms with Crippen LogP contribution in [0.5, 0.6) is 0 Å². The van der Waals surface area contributed by atoms with E-state index in [1.165, 1.54) is 12.3 Å². The molecule has 1 aliphatic heterocycles. The second kappa shape index (κ2) is 6.87. The summed E-state index contributed by atoms with van der Waals surface area (Å²) in [5.74, 6) is 0.355. The lowest BCUT2D eigenvalue weighted by molar-refractivity contribution is -0.119. The molecule has 7 nitrogen and oxygen atoms in total.